The molecular weight excluding hydrogens is 248 g/mol. The predicted molar refractivity (Wildman–Crippen MR) is 84.3 cm³/mol. The van der Waals surface area contributed by atoms with Gasteiger partial charge in [-0.25, -0.2) is 0 Å². The molecule has 0 radical (unpaired) electrons. The highest BCUT2D eigenvalue weighted by atomic mass is 16.2. The Kier molecular flexibility index (Phi) is 4.48. The normalized spacial score (nSPS) is 11.0. The Morgan fingerprint density at radius 2 is 2.00 bits per heavy atom. The van der Waals surface area contributed by atoms with Crippen LogP contribution in [0.2, 0.25) is 0 Å². The molecule has 0 spiro atoms. The Morgan fingerprint density at radius 1 is 1.25 bits per heavy atom. The van der Waals surface area contributed by atoms with Gasteiger partial charge in [0.05, 0.1) is 0 Å². The van der Waals surface area contributed by atoms with Gasteiger partial charge >= 0.3 is 0 Å². The molecule has 2 rings (SSSR count). The van der Waals surface area contributed by atoms with E-state index in [0.29, 0.717) is 0 Å². The van der Waals surface area contributed by atoms with Gasteiger partial charge in [-0.15, -0.1) is 0 Å². The second-order valence-corrected chi connectivity index (χ2v) is 5.37. The lowest BCUT2D eigenvalue weighted by molar-refractivity contribution is 0.0762. The predicted octanol–water partition coefficient (Wildman–Crippen LogP) is 4.05. The number of hydrogen-bond donors (Lipinski definition) is 1. The van der Waals surface area contributed by atoms with Crippen molar-refractivity contribution in [3.8, 4) is 0 Å². The summed E-state index contributed by atoms with van der Waals surface area (Å²) in [5, 5.41) is 1.15. The molecule has 3 heteroatoms. The molecule has 108 valence electrons. The molecule has 0 saturated heterocycles. The quantitative estimate of drug-likeness (QED) is 0.876. The number of H-pyrrole nitrogens is 1. The summed E-state index contributed by atoms with van der Waals surface area (Å²) in [4.78, 5) is 17.8. The molecular formula is C17H24N2O. The van der Waals surface area contributed by atoms with Crippen molar-refractivity contribution in [2.24, 2.45) is 0 Å². The minimum atomic E-state index is 0.140. The molecule has 0 aliphatic rings. The topological polar surface area (TPSA) is 36.1 Å². The molecule has 1 heterocycles. The van der Waals surface area contributed by atoms with Crippen molar-refractivity contribution in [1.29, 1.82) is 0 Å². The zero-order valence-corrected chi connectivity index (χ0v) is 12.9. The Labute approximate surface area is 121 Å². The Bertz CT molecular complexity index is 613. The van der Waals surface area contributed by atoms with Crippen molar-refractivity contribution in [2.45, 2.75) is 40.5 Å². The Morgan fingerprint density at radius 3 is 2.65 bits per heavy atom. The Balaban J connectivity index is 2.31. The molecule has 0 aliphatic carbocycles. The van der Waals surface area contributed by atoms with Crippen LogP contribution in [0.1, 0.15) is 48.3 Å². The molecule has 20 heavy (non-hydrogen) atoms. The van der Waals surface area contributed by atoms with Gasteiger partial charge in [0.1, 0.15) is 0 Å². The monoisotopic (exact) mass is 272 g/mol. The van der Waals surface area contributed by atoms with Crippen LogP contribution in [0.15, 0.2) is 18.2 Å². The van der Waals surface area contributed by atoms with Crippen LogP contribution in [-0.2, 0) is 0 Å². The Hall–Kier alpha value is -1.77. The maximum atomic E-state index is 12.6. The molecule has 1 aromatic carbocycles. The van der Waals surface area contributed by atoms with Crippen LogP contribution >= 0.6 is 0 Å². The molecule has 0 aliphatic heterocycles. The third kappa shape index (κ3) is 2.72. The summed E-state index contributed by atoms with van der Waals surface area (Å²) in [7, 11) is 0. The van der Waals surface area contributed by atoms with Gasteiger partial charge in [-0.3, -0.25) is 4.79 Å². The fourth-order valence-corrected chi connectivity index (χ4v) is 2.53. The van der Waals surface area contributed by atoms with Crippen LogP contribution in [0.25, 0.3) is 10.9 Å². The van der Waals surface area contributed by atoms with E-state index >= 15 is 0 Å². The maximum absolute atomic E-state index is 12.6. The first-order valence-electron chi connectivity index (χ1n) is 7.46. The number of fused-ring (bicyclic) bond motifs is 1. The molecule has 0 fully saturated rings. The zero-order chi connectivity index (χ0) is 14.7. The van der Waals surface area contributed by atoms with E-state index < -0.39 is 0 Å². The lowest BCUT2D eigenvalue weighted by Gasteiger charge is -2.20. The van der Waals surface area contributed by atoms with E-state index in [1.807, 2.05) is 30.0 Å². The summed E-state index contributed by atoms with van der Waals surface area (Å²) < 4.78 is 0. The van der Waals surface area contributed by atoms with Crippen LogP contribution in [0, 0.1) is 13.8 Å². The van der Waals surface area contributed by atoms with Crippen molar-refractivity contribution in [3.05, 3.63) is 35.0 Å². The first-order chi connectivity index (χ1) is 9.58. The van der Waals surface area contributed by atoms with Crippen molar-refractivity contribution in [1.82, 2.24) is 9.88 Å². The molecule has 1 amide bonds. The molecule has 0 saturated carbocycles. The highest BCUT2D eigenvalue weighted by molar-refractivity contribution is 5.99. The number of nitrogens with one attached hydrogen (secondary N) is 1. The fourth-order valence-electron chi connectivity index (χ4n) is 2.53. The molecule has 0 atom stereocenters. The van der Waals surface area contributed by atoms with E-state index in [0.717, 1.165) is 42.4 Å². The average Bonchev–Trinajstić information content (AvgIpc) is 2.74. The number of rotatable bonds is 5. The molecule has 1 aromatic heterocycles. The van der Waals surface area contributed by atoms with Gasteiger partial charge in [-0.2, -0.15) is 0 Å². The second-order valence-electron chi connectivity index (χ2n) is 5.37. The molecule has 2 aromatic rings. The van der Waals surface area contributed by atoms with Crippen LogP contribution in [0.3, 0.4) is 0 Å². The zero-order valence-electron chi connectivity index (χ0n) is 12.9. The summed E-state index contributed by atoms with van der Waals surface area (Å²) in [6.45, 7) is 9.96. The molecule has 1 N–H and O–H groups in total. The summed E-state index contributed by atoms with van der Waals surface area (Å²) >= 11 is 0. The van der Waals surface area contributed by atoms with E-state index in [1.165, 1.54) is 11.3 Å². The number of benzene rings is 1. The van der Waals surface area contributed by atoms with E-state index in [1.54, 1.807) is 0 Å². The largest absolute Gasteiger partial charge is 0.358 e. The standard InChI is InChI=1S/C17H24N2O/c1-5-7-10-19(6-2)17(20)14-8-9-16-15(11-14)12(3)13(4)18-16/h8-9,11,18H,5-7,10H2,1-4H3. The van der Waals surface area contributed by atoms with Crippen molar-refractivity contribution < 1.29 is 4.79 Å². The van der Waals surface area contributed by atoms with Crippen molar-refractivity contribution >= 4 is 16.8 Å². The summed E-state index contributed by atoms with van der Waals surface area (Å²) in [6.07, 6.45) is 2.17. The second kappa shape index (κ2) is 6.12. The maximum Gasteiger partial charge on any atom is 0.253 e. The number of amides is 1. The third-order valence-corrected chi connectivity index (χ3v) is 4.01. The van der Waals surface area contributed by atoms with Gasteiger partial charge in [0, 0.05) is 35.2 Å². The number of hydrogen-bond acceptors (Lipinski definition) is 1. The first kappa shape index (κ1) is 14.6. The smallest absolute Gasteiger partial charge is 0.253 e. The molecule has 3 nitrogen and oxygen atoms in total. The highest BCUT2D eigenvalue weighted by Crippen LogP contribution is 2.23. The van der Waals surface area contributed by atoms with Crippen LogP contribution in [0.5, 0.6) is 0 Å². The summed E-state index contributed by atoms with van der Waals surface area (Å²) in [6, 6.07) is 5.95. The van der Waals surface area contributed by atoms with Crippen LogP contribution in [0.4, 0.5) is 0 Å². The van der Waals surface area contributed by atoms with Gasteiger partial charge in [-0.05, 0) is 51.0 Å². The number of aryl methyl sites for hydroxylation is 2. The number of unbranched alkanes of at least 4 members (excludes halogenated alkanes) is 1. The SMILES string of the molecule is CCCCN(CC)C(=O)c1ccc2[nH]c(C)c(C)c2c1. The van der Waals surface area contributed by atoms with Crippen molar-refractivity contribution in [2.75, 3.05) is 13.1 Å². The summed E-state index contributed by atoms with van der Waals surface area (Å²) in [5.74, 6) is 0.140. The minimum absolute atomic E-state index is 0.140. The van der Waals surface area contributed by atoms with Gasteiger partial charge < -0.3 is 9.88 Å². The van der Waals surface area contributed by atoms with Gasteiger partial charge in [0.25, 0.3) is 5.91 Å². The lowest BCUT2D eigenvalue weighted by Crippen LogP contribution is -2.31. The third-order valence-electron chi connectivity index (χ3n) is 4.01. The van der Waals surface area contributed by atoms with E-state index in [9.17, 15) is 4.79 Å². The number of carbonyl (C=O) groups excluding carboxylic acids is 1. The highest BCUT2D eigenvalue weighted by Gasteiger charge is 2.15. The fraction of sp³-hybridized carbons (Fsp3) is 0.471. The lowest BCUT2D eigenvalue weighted by atomic mass is 10.1. The van der Waals surface area contributed by atoms with Gasteiger partial charge in [-0.1, -0.05) is 13.3 Å². The summed E-state index contributed by atoms with van der Waals surface area (Å²) in [5.41, 5.74) is 4.29. The first-order valence-corrected chi connectivity index (χ1v) is 7.46. The number of aromatic nitrogens is 1. The number of carbonyl (C=O) groups is 1. The van der Waals surface area contributed by atoms with E-state index in [2.05, 4.69) is 25.8 Å². The van der Waals surface area contributed by atoms with E-state index in [4.69, 9.17) is 0 Å². The molecule has 0 bridgehead atoms. The van der Waals surface area contributed by atoms with Gasteiger partial charge in [0.2, 0.25) is 0 Å². The van der Waals surface area contributed by atoms with Gasteiger partial charge in [0.15, 0.2) is 0 Å². The van der Waals surface area contributed by atoms with Crippen molar-refractivity contribution in [3.63, 3.8) is 0 Å². The average molecular weight is 272 g/mol. The number of nitrogens with zero attached hydrogens (tertiary/aromatic N) is 1. The van der Waals surface area contributed by atoms with Crippen LogP contribution in [-0.4, -0.2) is 28.9 Å². The minimum Gasteiger partial charge on any atom is -0.358 e. The van der Waals surface area contributed by atoms with Crippen LogP contribution < -0.4 is 0 Å². The van der Waals surface area contributed by atoms with E-state index in [-0.39, 0.29) is 5.91 Å². The molecule has 0 unspecified atom stereocenters. The number of aromatic amines is 1.